The minimum absolute atomic E-state index is 0.155. The van der Waals surface area contributed by atoms with Crippen LogP contribution in [0.15, 0.2) is 18.3 Å². The van der Waals surface area contributed by atoms with Crippen LogP contribution < -0.4 is 10.2 Å². The molecule has 0 radical (unpaired) electrons. The Balaban J connectivity index is 1.95. The topological polar surface area (TPSA) is 45.2 Å². The van der Waals surface area contributed by atoms with E-state index in [1.165, 1.54) is 0 Å². The maximum absolute atomic E-state index is 11.6. The Morgan fingerprint density at radius 2 is 2.47 bits per heavy atom. The minimum Gasteiger partial charge on any atom is -0.369 e. The van der Waals surface area contributed by atoms with E-state index in [2.05, 4.69) is 15.2 Å². The molecule has 1 atom stereocenters. The van der Waals surface area contributed by atoms with Gasteiger partial charge in [0.15, 0.2) is 0 Å². The fraction of sp³-hybridized carbons (Fsp3) is 0.571. The number of anilines is 1. The summed E-state index contributed by atoms with van der Waals surface area (Å²) in [5.41, 5.74) is 1.08. The van der Waals surface area contributed by atoms with Crippen LogP contribution in [0.2, 0.25) is 5.15 Å². The lowest BCUT2D eigenvalue weighted by Gasteiger charge is -2.34. The minimum atomic E-state index is 0.155. The number of hydrogen-bond donors (Lipinski definition) is 1. The normalized spacial score (nSPS) is 19.3. The van der Waals surface area contributed by atoms with Crippen molar-refractivity contribution in [3.63, 3.8) is 0 Å². The summed E-state index contributed by atoms with van der Waals surface area (Å²) in [5, 5.41) is 3.61. The van der Waals surface area contributed by atoms with Gasteiger partial charge in [-0.3, -0.25) is 4.79 Å². The second-order valence-electron chi connectivity index (χ2n) is 4.94. The van der Waals surface area contributed by atoms with Gasteiger partial charge >= 0.3 is 0 Å². The van der Waals surface area contributed by atoms with Crippen molar-refractivity contribution in [1.82, 2.24) is 10.3 Å². The van der Waals surface area contributed by atoms with E-state index in [9.17, 15) is 4.79 Å². The standard InChI is InChI=1S/C14H20ClN3O/c1-2-4-14(19)17-11-5-3-8-18(10-11)12-6-7-16-13(15)9-12/h6-7,9,11H,2-5,8,10H2,1H3,(H,17,19). The molecule has 1 aliphatic rings. The van der Waals surface area contributed by atoms with E-state index >= 15 is 0 Å². The van der Waals surface area contributed by atoms with E-state index in [1.54, 1.807) is 6.20 Å². The van der Waals surface area contributed by atoms with Gasteiger partial charge in [0.05, 0.1) is 0 Å². The van der Waals surface area contributed by atoms with Crippen LogP contribution in [0, 0.1) is 0 Å². The number of piperidine rings is 1. The highest BCUT2D eigenvalue weighted by Crippen LogP contribution is 2.21. The molecule has 4 nitrogen and oxygen atoms in total. The Hall–Kier alpha value is -1.29. The molecule has 5 heteroatoms. The van der Waals surface area contributed by atoms with Crippen molar-refractivity contribution in [2.75, 3.05) is 18.0 Å². The van der Waals surface area contributed by atoms with Crippen LogP contribution in [0.5, 0.6) is 0 Å². The molecule has 1 unspecified atom stereocenters. The Labute approximate surface area is 119 Å². The number of amides is 1. The number of nitrogens with zero attached hydrogens (tertiary/aromatic N) is 2. The summed E-state index contributed by atoms with van der Waals surface area (Å²) in [6, 6.07) is 4.07. The average Bonchev–Trinajstić information content (AvgIpc) is 2.39. The van der Waals surface area contributed by atoms with Crippen molar-refractivity contribution in [2.24, 2.45) is 0 Å². The van der Waals surface area contributed by atoms with Gasteiger partial charge in [0.1, 0.15) is 5.15 Å². The third-order valence-electron chi connectivity index (χ3n) is 3.34. The number of hydrogen-bond acceptors (Lipinski definition) is 3. The lowest BCUT2D eigenvalue weighted by Crippen LogP contribution is -2.47. The Morgan fingerprint density at radius 1 is 1.63 bits per heavy atom. The van der Waals surface area contributed by atoms with Gasteiger partial charge < -0.3 is 10.2 Å². The summed E-state index contributed by atoms with van der Waals surface area (Å²) in [4.78, 5) is 17.9. The number of carbonyl (C=O) groups is 1. The van der Waals surface area contributed by atoms with Gasteiger partial charge in [0.25, 0.3) is 0 Å². The fourth-order valence-corrected chi connectivity index (χ4v) is 2.61. The van der Waals surface area contributed by atoms with Crippen molar-refractivity contribution >= 4 is 23.2 Å². The highest BCUT2D eigenvalue weighted by Gasteiger charge is 2.21. The van der Waals surface area contributed by atoms with Crippen molar-refractivity contribution in [3.8, 4) is 0 Å². The molecule has 1 amide bonds. The van der Waals surface area contributed by atoms with E-state index in [0.29, 0.717) is 11.6 Å². The SMILES string of the molecule is CCCC(=O)NC1CCCN(c2ccnc(Cl)c2)C1. The van der Waals surface area contributed by atoms with Gasteiger partial charge in [-0.2, -0.15) is 0 Å². The first kappa shape index (κ1) is 14.1. The summed E-state index contributed by atoms with van der Waals surface area (Å²) >= 11 is 5.92. The summed E-state index contributed by atoms with van der Waals surface area (Å²) in [7, 11) is 0. The van der Waals surface area contributed by atoms with Gasteiger partial charge in [-0.15, -0.1) is 0 Å². The van der Waals surface area contributed by atoms with Crippen LogP contribution in [0.4, 0.5) is 5.69 Å². The monoisotopic (exact) mass is 281 g/mol. The first-order valence-corrected chi connectivity index (χ1v) is 7.22. The van der Waals surface area contributed by atoms with Crippen LogP contribution in [0.1, 0.15) is 32.6 Å². The number of carbonyl (C=O) groups excluding carboxylic acids is 1. The van der Waals surface area contributed by atoms with E-state index in [0.717, 1.165) is 38.0 Å². The Bertz CT molecular complexity index is 438. The van der Waals surface area contributed by atoms with Crippen molar-refractivity contribution in [1.29, 1.82) is 0 Å². The molecule has 104 valence electrons. The molecule has 1 aromatic rings. The molecule has 0 saturated carbocycles. The van der Waals surface area contributed by atoms with Crippen LogP contribution in [-0.4, -0.2) is 30.0 Å². The quantitative estimate of drug-likeness (QED) is 0.863. The highest BCUT2D eigenvalue weighted by molar-refractivity contribution is 6.29. The predicted molar refractivity (Wildman–Crippen MR) is 77.5 cm³/mol. The molecule has 1 N–H and O–H groups in total. The molecule has 1 fully saturated rings. The molecular formula is C14H20ClN3O. The average molecular weight is 282 g/mol. The zero-order valence-electron chi connectivity index (χ0n) is 11.2. The van der Waals surface area contributed by atoms with E-state index in [1.807, 2.05) is 19.1 Å². The maximum atomic E-state index is 11.6. The number of pyridine rings is 1. The van der Waals surface area contributed by atoms with Crippen molar-refractivity contribution < 1.29 is 4.79 Å². The van der Waals surface area contributed by atoms with Crippen LogP contribution >= 0.6 is 11.6 Å². The second-order valence-corrected chi connectivity index (χ2v) is 5.33. The van der Waals surface area contributed by atoms with Crippen LogP contribution in [-0.2, 0) is 4.79 Å². The molecule has 2 rings (SSSR count). The zero-order chi connectivity index (χ0) is 13.7. The molecule has 0 aromatic carbocycles. The molecule has 0 spiro atoms. The van der Waals surface area contributed by atoms with Crippen molar-refractivity contribution in [2.45, 2.75) is 38.6 Å². The van der Waals surface area contributed by atoms with Gasteiger partial charge in [-0.25, -0.2) is 4.98 Å². The smallest absolute Gasteiger partial charge is 0.220 e. The number of rotatable bonds is 4. The van der Waals surface area contributed by atoms with Crippen molar-refractivity contribution in [3.05, 3.63) is 23.5 Å². The summed E-state index contributed by atoms with van der Waals surface area (Å²) in [6.07, 6.45) is 5.35. The second kappa shape index (κ2) is 6.75. The van der Waals surface area contributed by atoms with Gasteiger partial charge in [0, 0.05) is 37.4 Å². The highest BCUT2D eigenvalue weighted by atomic mass is 35.5. The molecule has 0 bridgehead atoms. The van der Waals surface area contributed by atoms with Crippen LogP contribution in [0.25, 0.3) is 0 Å². The molecule has 1 aliphatic heterocycles. The van der Waals surface area contributed by atoms with E-state index in [4.69, 9.17) is 11.6 Å². The molecule has 1 aromatic heterocycles. The number of halogens is 1. The number of aromatic nitrogens is 1. The van der Waals surface area contributed by atoms with E-state index in [-0.39, 0.29) is 11.9 Å². The molecule has 0 aliphatic carbocycles. The number of nitrogens with one attached hydrogen (secondary N) is 1. The fourth-order valence-electron chi connectivity index (χ4n) is 2.45. The Morgan fingerprint density at radius 3 is 3.21 bits per heavy atom. The first-order valence-electron chi connectivity index (χ1n) is 6.85. The molecule has 2 heterocycles. The summed E-state index contributed by atoms with van der Waals surface area (Å²) in [6.45, 7) is 3.86. The summed E-state index contributed by atoms with van der Waals surface area (Å²) in [5.74, 6) is 0.155. The van der Waals surface area contributed by atoms with Gasteiger partial charge in [-0.05, 0) is 31.4 Å². The molecule has 1 saturated heterocycles. The third-order valence-corrected chi connectivity index (χ3v) is 3.55. The molecule has 19 heavy (non-hydrogen) atoms. The van der Waals surface area contributed by atoms with Crippen LogP contribution in [0.3, 0.4) is 0 Å². The molecular weight excluding hydrogens is 262 g/mol. The summed E-state index contributed by atoms with van der Waals surface area (Å²) < 4.78 is 0. The maximum Gasteiger partial charge on any atom is 0.220 e. The van der Waals surface area contributed by atoms with E-state index < -0.39 is 0 Å². The predicted octanol–water partition coefficient (Wildman–Crippen LogP) is 2.62. The Kier molecular flexibility index (Phi) is 5.02. The first-order chi connectivity index (χ1) is 9.19. The zero-order valence-corrected chi connectivity index (χ0v) is 12.0. The lowest BCUT2D eigenvalue weighted by atomic mass is 10.0. The largest absolute Gasteiger partial charge is 0.369 e. The third kappa shape index (κ3) is 4.10. The van der Waals surface area contributed by atoms with Gasteiger partial charge in [-0.1, -0.05) is 18.5 Å². The van der Waals surface area contributed by atoms with Gasteiger partial charge in [0.2, 0.25) is 5.91 Å². The lowest BCUT2D eigenvalue weighted by molar-refractivity contribution is -0.121.